The van der Waals surface area contributed by atoms with E-state index >= 15 is 0 Å². The lowest BCUT2D eigenvalue weighted by Gasteiger charge is -2.26. The molecule has 7 rings (SSSR count). The number of ether oxygens (including phenoxy) is 1. The van der Waals surface area contributed by atoms with Crippen molar-refractivity contribution in [1.82, 2.24) is 33.6 Å². The van der Waals surface area contributed by atoms with Crippen molar-refractivity contribution in [3.8, 4) is 11.7 Å². The van der Waals surface area contributed by atoms with Gasteiger partial charge in [-0.1, -0.05) is 30.3 Å². The fourth-order valence-corrected chi connectivity index (χ4v) is 5.09. The summed E-state index contributed by atoms with van der Waals surface area (Å²) in [5.74, 6) is 1.14. The maximum Gasteiger partial charge on any atom is 0.331 e. The van der Waals surface area contributed by atoms with Crippen LogP contribution in [0.15, 0.2) is 84.3 Å². The molecule has 0 spiro atoms. The summed E-state index contributed by atoms with van der Waals surface area (Å²) in [5, 5.41) is 0. The van der Waals surface area contributed by atoms with Crippen LogP contribution in [-0.4, -0.2) is 40.2 Å². The highest BCUT2D eigenvalue weighted by Crippen LogP contribution is 2.35. The molecule has 6 aromatic rings. The van der Waals surface area contributed by atoms with Crippen LogP contribution in [0.3, 0.4) is 0 Å². The Balaban J connectivity index is 1.46. The van der Waals surface area contributed by atoms with E-state index in [2.05, 4.69) is 19.8 Å². The summed E-state index contributed by atoms with van der Waals surface area (Å²) >= 11 is 0. The van der Waals surface area contributed by atoms with Gasteiger partial charge < -0.3 is 4.74 Å². The van der Waals surface area contributed by atoms with E-state index in [1.165, 1.54) is 0 Å². The van der Waals surface area contributed by atoms with Crippen molar-refractivity contribution >= 4 is 27.9 Å². The molecule has 0 fully saturated rings. The molecule has 1 atom stereocenters. The zero-order chi connectivity index (χ0) is 25.6. The number of nitrogens with zero attached hydrogens (tertiary/aromatic N) is 8. The molecule has 0 saturated heterocycles. The Hall–Kier alpha value is -5.30. The highest BCUT2D eigenvalue weighted by atomic mass is 16.5. The van der Waals surface area contributed by atoms with Gasteiger partial charge in [-0.25, -0.2) is 19.6 Å². The van der Waals surface area contributed by atoms with Gasteiger partial charge in [0.15, 0.2) is 11.3 Å². The van der Waals surface area contributed by atoms with Crippen LogP contribution in [0.2, 0.25) is 0 Å². The third kappa shape index (κ3) is 3.44. The lowest BCUT2D eigenvalue weighted by molar-refractivity contribution is 0.255. The molecule has 2 aromatic carbocycles. The molecular weight excluding hydrogens is 480 g/mol. The lowest BCUT2D eigenvalue weighted by Crippen LogP contribution is -2.31. The molecule has 5 heterocycles. The highest BCUT2D eigenvalue weighted by Gasteiger charge is 2.29. The Labute approximate surface area is 216 Å². The predicted octanol–water partition coefficient (Wildman–Crippen LogP) is 4.30. The first-order valence-electron chi connectivity index (χ1n) is 12.1. The number of hydrogen-bond acceptors (Lipinski definition) is 6. The van der Waals surface area contributed by atoms with Gasteiger partial charge in [-0.2, -0.15) is 4.98 Å². The molecule has 0 N–H and O–H groups in total. The predicted molar refractivity (Wildman–Crippen MR) is 141 cm³/mol. The second kappa shape index (κ2) is 8.67. The highest BCUT2D eigenvalue weighted by molar-refractivity contribution is 5.81. The molecule has 1 aliphatic rings. The van der Waals surface area contributed by atoms with Gasteiger partial charge in [0, 0.05) is 24.4 Å². The molecule has 0 saturated carbocycles. The fourth-order valence-electron chi connectivity index (χ4n) is 5.09. The summed E-state index contributed by atoms with van der Waals surface area (Å²) in [6.07, 6.45) is 7.41. The number of rotatable bonds is 4. The van der Waals surface area contributed by atoms with Gasteiger partial charge >= 0.3 is 5.69 Å². The van der Waals surface area contributed by atoms with Crippen molar-refractivity contribution < 1.29 is 4.74 Å². The van der Waals surface area contributed by atoms with E-state index in [1.807, 2.05) is 36.4 Å². The Morgan fingerprint density at radius 1 is 1.05 bits per heavy atom. The van der Waals surface area contributed by atoms with E-state index in [9.17, 15) is 4.79 Å². The lowest BCUT2D eigenvalue weighted by atomic mass is 10.0. The number of fused-ring (bicyclic) bond motifs is 3. The van der Waals surface area contributed by atoms with Crippen LogP contribution < -0.4 is 10.4 Å². The van der Waals surface area contributed by atoms with Gasteiger partial charge in [0.05, 0.1) is 43.0 Å². The van der Waals surface area contributed by atoms with Gasteiger partial charge in [-0.15, -0.1) is 0 Å². The van der Waals surface area contributed by atoms with E-state index in [1.54, 1.807) is 56.8 Å². The molecule has 0 amide bonds. The first kappa shape index (κ1) is 21.9. The van der Waals surface area contributed by atoms with Crippen LogP contribution in [0.25, 0.3) is 33.0 Å². The summed E-state index contributed by atoms with van der Waals surface area (Å²) in [4.78, 5) is 35.8. The van der Waals surface area contributed by atoms with Crippen LogP contribution in [0, 0.1) is 6.57 Å². The monoisotopic (exact) mass is 500 g/mol. The van der Waals surface area contributed by atoms with E-state index in [4.69, 9.17) is 16.3 Å². The average Bonchev–Trinajstić information content (AvgIpc) is 3.51. The van der Waals surface area contributed by atoms with Gasteiger partial charge in [-0.05, 0) is 29.8 Å². The summed E-state index contributed by atoms with van der Waals surface area (Å²) in [5.41, 5.74) is 4.76. The molecule has 38 heavy (non-hydrogen) atoms. The average molecular weight is 501 g/mol. The van der Waals surface area contributed by atoms with Gasteiger partial charge in [-0.3, -0.25) is 18.7 Å². The Morgan fingerprint density at radius 2 is 1.97 bits per heavy atom. The second-order valence-electron chi connectivity index (χ2n) is 9.07. The summed E-state index contributed by atoms with van der Waals surface area (Å²) in [7, 11) is 0. The van der Waals surface area contributed by atoms with Crippen molar-refractivity contribution in [3.05, 3.63) is 113 Å². The number of imidazole rings is 2. The number of benzene rings is 2. The topological polar surface area (TPSA) is 97.0 Å². The minimum Gasteiger partial charge on any atom is -0.493 e. The smallest absolute Gasteiger partial charge is 0.331 e. The van der Waals surface area contributed by atoms with Crippen LogP contribution >= 0.6 is 0 Å². The number of hydrogen-bond donors (Lipinski definition) is 0. The number of aromatic nitrogens is 7. The van der Waals surface area contributed by atoms with Crippen molar-refractivity contribution in [2.45, 2.75) is 19.0 Å². The SMILES string of the molecule is [C-]#[N+]c1ccc2ncn(-c3ncc4c(n3)n([C@@H]3CCOc5ccccc53)c(=O)n4Cc3cccnc3)c2c1. The normalized spacial score (nSPS) is 14.8. The molecule has 10 nitrogen and oxygen atoms in total. The summed E-state index contributed by atoms with van der Waals surface area (Å²) in [6, 6.07) is 16.6. The van der Waals surface area contributed by atoms with Gasteiger partial charge in [0.2, 0.25) is 5.95 Å². The van der Waals surface area contributed by atoms with Crippen molar-refractivity contribution in [1.29, 1.82) is 0 Å². The first-order valence-corrected chi connectivity index (χ1v) is 12.1. The Bertz CT molecular complexity index is 1930. The Morgan fingerprint density at radius 3 is 2.84 bits per heavy atom. The van der Waals surface area contributed by atoms with Crippen LogP contribution in [0.5, 0.6) is 5.75 Å². The zero-order valence-electron chi connectivity index (χ0n) is 20.1. The first-order chi connectivity index (χ1) is 18.7. The van der Waals surface area contributed by atoms with E-state index in [-0.39, 0.29) is 11.7 Å². The largest absolute Gasteiger partial charge is 0.493 e. The summed E-state index contributed by atoms with van der Waals surface area (Å²) in [6.45, 7) is 8.22. The maximum absolute atomic E-state index is 14.0. The second-order valence-corrected chi connectivity index (χ2v) is 9.07. The third-order valence-corrected chi connectivity index (χ3v) is 6.87. The van der Waals surface area contributed by atoms with Gasteiger partial charge in [0.1, 0.15) is 17.6 Å². The summed E-state index contributed by atoms with van der Waals surface area (Å²) < 4.78 is 11.1. The van der Waals surface area contributed by atoms with Crippen molar-refractivity contribution in [3.63, 3.8) is 0 Å². The minimum atomic E-state index is -0.249. The zero-order valence-corrected chi connectivity index (χ0v) is 20.1. The number of pyridine rings is 1. The molecule has 0 radical (unpaired) electrons. The standard InChI is InChI=1S/C28H20N8O2/c1-29-19-8-9-21-23(13-19)35(17-32-21)27-31-15-24-26(33-27)36(22-10-12-38-25-7-3-2-6-20(22)25)28(37)34(24)16-18-5-4-11-30-14-18/h2-9,11,13-15,17,22H,10,12,16H2/t22-/m1/s1. The van der Waals surface area contributed by atoms with Gasteiger partial charge in [0.25, 0.3) is 0 Å². The van der Waals surface area contributed by atoms with Crippen molar-refractivity contribution in [2.75, 3.05) is 6.61 Å². The van der Waals surface area contributed by atoms with E-state index in [0.717, 1.165) is 27.9 Å². The molecule has 1 aliphatic heterocycles. The molecule has 4 aromatic heterocycles. The van der Waals surface area contributed by atoms with Crippen molar-refractivity contribution in [2.24, 2.45) is 0 Å². The third-order valence-electron chi connectivity index (χ3n) is 6.87. The molecule has 0 bridgehead atoms. The molecule has 184 valence electrons. The number of para-hydroxylation sites is 1. The molecule has 10 heteroatoms. The fraction of sp³-hybridized carbons (Fsp3) is 0.143. The molecular formula is C28H20N8O2. The molecule has 0 unspecified atom stereocenters. The Kier molecular flexibility index (Phi) is 5.01. The van der Waals surface area contributed by atoms with Crippen LogP contribution in [0.1, 0.15) is 23.6 Å². The van der Waals surface area contributed by atoms with E-state index in [0.29, 0.717) is 42.4 Å². The minimum absolute atomic E-state index is 0.178. The van der Waals surface area contributed by atoms with E-state index < -0.39 is 0 Å². The quantitative estimate of drug-likeness (QED) is 0.335. The maximum atomic E-state index is 14.0. The molecule has 0 aliphatic carbocycles. The van der Waals surface area contributed by atoms with Crippen LogP contribution in [0.4, 0.5) is 5.69 Å². The van der Waals surface area contributed by atoms with Crippen LogP contribution in [-0.2, 0) is 6.54 Å².